The number of ether oxygens (including phenoxy) is 1. The molecule has 0 aliphatic carbocycles. The average Bonchev–Trinajstić information content (AvgIpc) is 3.20. The van der Waals surface area contributed by atoms with E-state index < -0.39 is 24.2 Å². The van der Waals surface area contributed by atoms with Gasteiger partial charge in [0.25, 0.3) is 0 Å². The molecule has 1 unspecified atom stereocenters. The number of alkyl halides is 6. The maximum absolute atomic E-state index is 13.1. The number of rotatable bonds is 7. The predicted octanol–water partition coefficient (Wildman–Crippen LogP) is 7.55. The lowest BCUT2D eigenvalue weighted by Gasteiger charge is -2.26. The van der Waals surface area contributed by atoms with Crippen LogP contribution in [0, 0.1) is 6.92 Å². The minimum atomic E-state index is -4.50. The lowest BCUT2D eigenvalue weighted by Crippen LogP contribution is -2.30. The third-order valence-electron chi connectivity index (χ3n) is 5.54. The summed E-state index contributed by atoms with van der Waals surface area (Å²) >= 11 is 0. The molecule has 0 radical (unpaired) electrons. The van der Waals surface area contributed by atoms with Crippen molar-refractivity contribution in [2.75, 3.05) is 7.05 Å². The molecule has 0 amide bonds. The maximum atomic E-state index is 13.1. The Labute approximate surface area is 206 Å². The first-order valence-corrected chi connectivity index (χ1v) is 11.0. The van der Waals surface area contributed by atoms with Crippen LogP contribution in [0.3, 0.4) is 0 Å². The Morgan fingerprint density at radius 3 is 2.31 bits per heavy atom. The van der Waals surface area contributed by atoms with E-state index in [-0.39, 0.29) is 18.4 Å². The third kappa shape index (κ3) is 7.44. The van der Waals surface area contributed by atoms with Gasteiger partial charge >= 0.3 is 12.4 Å². The van der Waals surface area contributed by atoms with E-state index in [1.807, 2.05) is 38.1 Å². The molecule has 192 valence electrons. The molecule has 1 N–H and O–H groups in total. The molecule has 9 heteroatoms. The topological polar surface area (TPSA) is 24.5 Å². The van der Waals surface area contributed by atoms with Gasteiger partial charge in [-0.15, -0.1) is 0 Å². The zero-order valence-electron chi connectivity index (χ0n) is 19.9. The molecule has 0 aromatic heterocycles. The first-order chi connectivity index (χ1) is 16.8. The van der Waals surface area contributed by atoms with E-state index in [2.05, 4.69) is 5.32 Å². The zero-order valence-corrected chi connectivity index (χ0v) is 19.9. The van der Waals surface area contributed by atoms with Gasteiger partial charge in [-0.25, -0.2) is 0 Å². The Morgan fingerprint density at radius 1 is 1.03 bits per heavy atom. The molecule has 3 nitrogen and oxygen atoms in total. The minimum absolute atomic E-state index is 0.0135. The summed E-state index contributed by atoms with van der Waals surface area (Å²) in [6.45, 7) is 3.78. The van der Waals surface area contributed by atoms with Crippen LogP contribution in [-0.4, -0.2) is 24.3 Å². The largest absolute Gasteiger partial charge is 0.489 e. The van der Waals surface area contributed by atoms with Crippen molar-refractivity contribution in [1.29, 1.82) is 0 Å². The molecule has 2 aromatic carbocycles. The van der Waals surface area contributed by atoms with Crippen molar-refractivity contribution in [3.63, 3.8) is 0 Å². The summed E-state index contributed by atoms with van der Waals surface area (Å²) in [5.74, 6) is 0.0135. The molecule has 1 aliphatic heterocycles. The number of allylic oxidation sites excluding steroid dienone is 6. The van der Waals surface area contributed by atoms with E-state index in [1.165, 1.54) is 13.1 Å². The lowest BCUT2D eigenvalue weighted by molar-refractivity contribution is -0.110. The molecule has 36 heavy (non-hydrogen) atoms. The highest BCUT2D eigenvalue weighted by Gasteiger charge is 2.41. The third-order valence-corrected chi connectivity index (χ3v) is 5.54. The molecular weight excluding hydrogens is 482 g/mol. The second-order valence-electron chi connectivity index (χ2n) is 8.40. The van der Waals surface area contributed by atoms with Crippen LogP contribution in [0.5, 0.6) is 0 Å². The average molecular weight is 509 g/mol. The van der Waals surface area contributed by atoms with Gasteiger partial charge in [0, 0.05) is 19.3 Å². The first-order valence-electron chi connectivity index (χ1n) is 11.0. The van der Waals surface area contributed by atoms with Gasteiger partial charge in [-0.05, 0) is 48.3 Å². The minimum Gasteiger partial charge on any atom is -0.489 e. The molecule has 0 spiro atoms. The summed E-state index contributed by atoms with van der Waals surface area (Å²) < 4.78 is 83.0. The fraction of sp³-hybridized carbons (Fsp3) is 0.259. The monoisotopic (exact) mass is 508 g/mol. The van der Waals surface area contributed by atoms with E-state index in [4.69, 9.17) is 4.74 Å². The molecule has 1 heterocycles. The molecule has 0 saturated carbocycles. The smallest absolute Gasteiger partial charge is 0.432 e. The summed E-state index contributed by atoms with van der Waals surface area (Å²) in [6.07, 6.45) is -4.61. The number of hydrogen-bond donors (Lipinski definition) is 1. The summed E-state index contributed by atoms with van der Waals surface area (Å²) in [4.78, 5) is 1.09. The van der Waals surface area contributed by atoms with Crippen molar-refractivity contribution in [3.8, 4) is 0 Å². The van der Waals surface area contributed by atoms with Crippen LogP contribution >= 0.6 is 0 Å². The standard InChI is InChI=1S/C27H26F6N2O/c1-18-5-4-6-22(15-18)19(2)7-12-23(13-14-26(28,29)30)36-17-20-8-10-21(11-9-20)25-34-16-24(35(25)3)27(31,32)33/h4-16,25,34H,17H2,1-3H3/b14-13+,19-7+,23-12+. The van der Waals surface area contributed by atoms with Crippen LogP contribution in [0.25, 0.3) is 5.57 Å². The van der Waals surface area contributed by atoms with E-state index >= 15 is 0 Å². The van der Waals surface area contributed by atoms with Crippen LogP contribution in [0.1, 0.15) is 35.3 Å². The Balaban J connectivity index is 1.71. The Morgan fingerprint density at radius 2 is 1.72 bits per heavy atom. The highest BCUT2D eigenvalue weighted by Crippen LogP contribution is 2.35. The number of aryl methyl sites for hydroxylation is 1. The van der Waals surface area contributed by atoms with Crippen molar-refractivity contribution in [2.45, 2.75) is 39.0 Å². The molecule has 2 aromatic rings. The highest BCUT2D eigenvalue weighted by molar-refractivity contribution is 5.65. The Bertz CT molecular complexity index is 1170. The van der Waals surface area contributed by atoms with E-state index in [1.54, 1.807) is 30.3 Å². The Kier molecular flexibility index (Phi) is 8.22. The van der Waals surface area contributed by atoms with Crippen LogP contribution in [0.2, 0.25) is 0 Å². The fourth-order valence-corrected chi connectivity index (χ4v) is 3.60. The second kappa shape index (κ2) is 11.0. The first kappa shape index (κ1) is 27.0. The van der Waals surface area contributed by atoms with Crippen molar-refractivity contribution < 1.29 is 31.1 Å². The van der Waals surface area contributed by atoms with Gasteiger partial charge < -0.3 is 15.0 Å². The van der Waals surface area contributed by atoms with Gasteiger partial charge in [-0.3, -0.25) is 0 Å². The molecule has 0 saturated heterocycles. The molecule has 0 fully saturated rings. The van der Waals surface area contributed by atoms with Crippen molar-refractivity contribution in [3.05, 3.63) is 113 Å². The van der Waals surface area contributed by atoms with Crippen LogP contribution in [0.4, 0.5) is 26.3 Å². The zero-order chi connectivity index (χ0) is 26.5. The van der Waals surface area contributed by atoms with Crippen molar-refractivity contribution in [2.24, 2.45) is 0 Å². The van der Waals surface area contributed by atoms with Crippen LogP contribution < -0.4 is 5.32 Å². The molecule has 0 bridgehead atoms. The number of nitrogens with zero attached hydrogens (tertiary/aromatic N) is 1. The summed E-state index contributed by atoms with van der Waals surface area (Å²) in [5, 5.41) is 2.71. The normalized spacial score (nSPS) is 17.4. The van der Waals surface area contributed by atoms with Crippen LogP contribution in [0.15, 0.2) is 90.5 Å². The van der Waals surface area contributed by atoms with Gasteiger partial charge in [0.05, 0.1) is 0 Å². The number of benzene rings is 2. The lowest BCUT2D eigenvalue weighted by atomic mass is 10.0. The molecule has 3 rings (SSSR count). The molecule has 1 aliphatic rings. The number of halogens is 6. The highest BCUT2D eigenvalue weighted by atomic mass is 19.4. The van der Waals surface area contributed by atoms with Gasteiger partial charge in [0.2, 0.25) is 0 Å². The number of nitrogens with one attached hydrogen (secondary N) is 1. The van der Waals surface area contributed by atoms with Crippen LogP contribution in [-0.2, 0) is 11.3 Å². The number of hydrogen-bond acceptors (Lipinski definition) is 3. The maximum Gasteiger partial charge on any atom is 0.432 e. The van der Waals surface area contributed by atoms with Crippen molar-refractivity contribution >= 4 is 5.57 Å². The van der Waals surface area contributed by atoms with Gasteiger partial charge in [-0.1, -0.05) is 60.2 Å². The predicted molar refractivity (Wildman–Crippen MR) is 127 cm³/mol. The van der Waals surface area contributed by atoms with E-state index in [0.29, 0.717) is 11.1 Å². The van der Waals surface area contributed by atoms with Gasteiger partial charge in [0.1, 0.15) is 24.2 Å². The fourth-order valence-electron chi connectivity index (χ4n) is 3.60. The quantitative estimate of drug-likeness (QED) is 0.237. The SMILES string of the molecule is C\C(=C/C=C(\C=C\C(F)(F)F)OCc1ccc(C2NC=C(C(F)(F)F)N2C)cc1)c1cccc(C)c1. The summed E-state index contributed by atoms with van der Waals surface area (Å²) in [7, 11) is 1.34. The van der Waals surface area contributed by atoms with Crippen molar-refractivity contribution in [1.82, 2.24) is 10.2 Å². The van der Waals surface area contributed by atoms with Gasteiger partial charge in [0.15, 0.2) is 0 Å². The molecule has 1 atom stereocenters. The summed E-state index contributed by atoms with van der Waals surface area (Å²) in [6, 6.07) is 14.3. The van der Waals surface area contributed by atoms with Gasteiger partial charge in [-0.2, -0.15) is 26.3 Å². The molecular formula is C27H26F6N2O. The van der Waals surface area contributed by atoms with E-state index in [0.717, 1.165) is 33.9 Å². The summed E-state index contributed by atoms with van der Waals surface area (Å²) in [5.41, 5.74) is 3.32. The Hall–Kier alpha value is -3.62. The second-order valence-corrected chi connectivity index (χ2v) is 8.40. The van der Waals surface area contributed by atoms with E-state index in [9.17, 15) is 26.3 Å².